The molecule has 0 radical (unpaired) electrons. The predicted octanol–water partition coefficient (Wildman–Crippen LogP) is 3.95. The zero-order valence-electron chi connectivity index (χ0n) is 19.9. The molecule has 2 aromatic rings. The van der Waals surface area contributed by atoms with Gasteiger partial charge in [0.15, 0.2) is 0 Å². The molecule has 1 fully saturated rings. The van der Waals surface area contributed by atoms with Crippen molar-refractivity contribution < 1.29 is 14.3 Å². The van der Waals surface area contributed by atoms with Gasteiger partial charge in [0.25, 0.3) is 0 Å². The van der Waals surface area contributed by atoms with E-state index in [9.17, 15) is 9.59 Å². The second-order valence-corrected chi connectivity index (χ2v) is 9.12. The highest BCUT2D eigenvalue weighted by Gasteiger charge is 2.34. The largest absolute Gasteiger partial charge is 0.463 e. The van der Waals surface area contributed by atoms with E-state index in [2.05, 4.69) is 52.5 Å². The van der Waals surface area contributed by atoms with E-state index < -0.39 is 12.0 Å². The maximum absolute atomic E-state index is 13.0. The van der Waals surface area contributed by atoms with Crippen LogP contribution in [0.5, 0.6) is 0 Å². The van der Waals surface area contributed by atoms with Crippen LogP contribution in [0.1, 0.15) is 29.7 Å². The number of piperazine rings is 1. The maximum atomic E-state index is 13.0. The first kappa shape index (κ1) is 24.1. The summed E-state index contributed by atoms with van der Waals surface area (Å²) in [4.78, 5) is 30.2. The lowest BCUT2D eigenvalue weighted by molar-refractivity contribution is -0.139. The Bertz CT molecular complexity index is 1110. The summed E-state index contributed by atoms with van der Waals surface area (Å²) < 4.78 is 5.37. The molecule has 180 valence electrons. The molecule has 2 N–H and O–H groups in total. The Morgan fingerprint density at radius 2 is 1.85 bits per heavy atom. The molecular weight excluding hydrogens is 452 g/mol. The van der Waals surface area contributed by atoms with Gasteiger partial charge in [-0.05, 0) is 55.7 Å². The molecule has 8 heteroatoms. The Hall–Kier alpha value is -3.03. The molecule has 0 bridgehead atoms. The Morgan fingerprint density at radius 1 is 1.12 bits per heavy atom. The van der Waals surface area contributed by atoms with Crippen molar-refractivity contribution >= 4 is 29.3 Å². The van der Waals surface area contributed by atoms with Gasteiger partial charge in [-0.1, -0.05) is 35.9 Å². The summed E-state index contributed by atoms with van der Waals surface area (Å²) >= 11 is 6.19. The summed E-state index contributed by atoms with van der Waals surface area (Å²) in [6.45, 7) is 10.2. The van der Waals surface area contributed by atoms with E-state index in [1.54, 1.807) is 25.1 Å². The fraction of sp³-hybridized carbons (Fsp3) is 0.385. The van der Waals surface area contributed by atoms with Gasteiger partial charge in [0.1, 0.15) is 0 Å². The van der Waals surface area contributed by atoms with Crippen molar-refractivity contribution in [1.29, 1.82) is 0 Å². The van der Waals surface area contributed by atoms with E-state index in [0.29, 0.717) is 22.8 Å². The van der Waals surface area contributed by atoms with Crippen LogP contribution in [0.4, 0.5) is 10.5 Å². The van der Waals surface area contributed by atoms with Crippen molar-refractivity contribution in [3.05, 3.63) is 75.4 Å². The van der Waals surface area contributed by atoms with Crippen LogP contribution < -0.4 is 15.5 Å². The number of hydrogen-bond acceptors (Lipinski definition) is 5. The number of benzene rings is 2. The molecule has 7 nitrogen and oxygen atoms in total. The number of hydrogen-bond donors (Lipinski definition) is 2. The van der Waals surface area contributed by atoms with E-state index in [4.69, 9.17) is 16.3 Å². The van der Waals surface area contributed by atoms with E-state index in [0.717, 1.165) is 31.7 Å². The van der Waals surface area contributed by atoms with Gasteiger partial charge in [0.05, 0.1) is 18.2 Å². The van der Waals surface area contributed by atoms with Gasteiger partial charge in [0, 0.05) is 49.1 Å². The number of ether oxygens (including phenoxy) is 1. The Labute approximate surface area is 205 Å². The summed E-state index contributed by atoms with van der Waals surface area (Å²) in [7, 11) is 0. The average Bonchev–Trinajstić information content (AvgIpc) is 2.81. The van der Waals surface area contributed by atoms with Crippen LogP contribution in [-0.4, -0.2) is 56.2 Å². The molecule has 34 heavy (non-hydrogen) atoms. The number of halogens is 1. The first-order valence-corrected chi connectivity index (χ1v) is 12.0. The van der Waals surface area contributed by atoms with E-state index in [-0.39, 0.29) is 12.6 Å². The van der Waals surface area contributed by atoms with Crippen molar-refractivity contribution in [1.82, 2.24) is 15.5 Å². The van der Waals surface area contributed by atoms with Gasteiger partial charge >= 0.3 is 12.0 Å². The van der Waals surface area contributed by atoms with Crippen LogP contribution in [0.15, 0.2) is 53.7 Å². The second kappa shape index (κ2) is 10.5. The normalized spacial score (nSPS) is 19.0. The maximum Gasteiger partial charge on any atom is 0.338 e. The molecule has 2 aromatic carbocycles. The SMILES string of the molecule is CCOC(=O)C1=C(CN2CCN(c3cccc(C)c3C)CC2)NC(=O)NC1c1cccc(Cl)c1. The lowest BCUT2D eigenvalue weighted by atomic mass is 9.95. The number of carbonyl (C=O) groups is 2. The lowest BCUT2D eigenvalue weighted by Crippen LogP contribution is -2.52. The number of nitrogens with zero attached hydrogens (tertiary/aromatic N) is 2. The summed E-state index contributed by atoms with van der Waals surface area (Å²) in [6.07, 6.45) is 0. The minimum Gasteiger partial charge on any atom is -0.463 e. The monoisotopic (exact) mass is 482 g/mol. The van der Waals surface area contributed by atoms with Crippen LogP contribution in [-0.2, 0) is 9.53 Å². The first-order chi connectivity index (χ1) is 16.4. The van der Waals surface area contributed by atoms with E-state index in [1.807, 2.05) is 6.07 Å². The minimum atomic E-state index is -0.627. The number of carbonyl (C=O) groups excluding carboxylic acids is 2. The molecule has 0 aliphatic carbocycles. The van der Waals surface area contributed by atoms with Gasteiger partial charge in [-0.2, -0.15) is 0 Å². The van der Waals surface area contributed by atoms with Crippen molar-refractivity contribution in [3.63, 3.8) is 0 Å². The minimum absolute atomic E-state index is 0.250. The Morgan fingerprint density at radius 3 is 2.56 bits per heavy atom. The number of aryl methyl sites for hydroxylation is 1. The zero-order valence-corrected chi connectivity index (χ0v) is 20.6. The molecule has 2 heterocycles. The van der Waals surface area contributed by atoms with Gasteiger partial charge in [0.2, 0.25) is 0 Å². The molecule has 0 saturated carbocycles. The highest BCUT2D eigenvalue weighted by atomic mass is 35.5. The topological polar surface area (TPSA) is 73.9 Å². The van der Waals surface area contributed by atoms with Crippen LogP contribution in [0.3, 0.4) is 0 Å². The third-order valence-corrected chi connectivity index (χ3v) is 6.74. The fourth-order valence-electron chi connectivity index (χ4n) is 4.58. The van der Waals surface area contributed by atoms with Gasteiger partial charge in [-0.25, -0.2) is 9.59 Å². The van der Waals surface area contributed by atoms with E-state index in [1.165, 1.54) is 16.8 Å². The second-order valence-electron chi connectivity index (χ2n) is 8.68. The standard InChI is InChI=1S/C26H31ClN4O3/c1-4-34-25(32)23-21(28-26(33)29-24(23)19-8-6-9-20(27)15-19)16-30-11-13-31(14-12-30)22-10-5-7-17(2)18(22)3/h5-10,15,24H,4,11-14,16H2,1-3H3,(H2,28,29,33). The highest BCUT2D eigenvalue weighted by molar-refractivity contribution is 6.30. The molecular formula is C26H31ClN4O3. The number of nitrogens with one attached hydrogen (secondary N) is 2. The van der Waals surface area contributed by atoms with Crippen molar-refractivity contribution in [2.24, 2.45) is 0 Å². The van der Waals surface area contributed by atoms with E-state index >= 15 is 0 Å². The smallest absolute Gasteiger partial charge is 0.338 e. The molecule has 2 aliphatic rings. The molecule has 1 atom stereocenters. The lowest BCUT2D eigenvalue weighted by Gasteiger charge is -2.38. The fourth-order valence-corrected chi connectivity index (χ4v) is 4.78. The molecule has 0 spiro atoms. The van der Waals surface area contributed by atoms with Crippen molar-refractivity contribution in [2.75, 3.05) is 44.2 Å². The summed E-state index contributed by atoms with van der Waals surface area (Å²) in [5.41, 5.74) is 5.59. The molecule has 4 rings (SSSR count). The predicted molar refractivity (Wildman–Crippen MR) is 134 cm³/mol. The Kier molecular flexibility index (Phi) is 7.44. The van der Waals surface area contributed by atoms with Gasteiger partial charge in [-0.3, -0.25) is 4.90 Å². The summed E-state index contributed by atoms with van der Waals surface area (Å²) in [5, 5.41) is 6.27. The third kappa shape index (κ3) is 5.21. The van der Waals surface area contributed by atoms with Crippen LogP contribution in [0.2, 0.25) is 5.02 Å². The van der Waals surface area contributed by atoms with Crippen LogP contribution in [0, 0.1) is 13.8 Å². The zero-order chi connectivity index (χ0) is 24.2. The average molecular weight is 483 g/mol. The molecule has 1 saturated heterocycles. The summed E-state index contributed by atoms with van der Waals surface area (Å²) in [6, 6.07) is 12.6. The Balaban J connectivity index is 1.56. The van der Waals surface area contributed by atoms with Gasteiger partial charge in [-0.15, -0.1) is 0 Å². The molecule has 0 aromatic heterocycles. The number of esters is 1. The first-order valence-electron chi connectivity index (χ1n) is 11.6. The number of urea groups is 1. The third-order valence-electron chi connectivity index (χ3n) is 6.50. The highest BCUT2D eigenvalue weighted by Crippen LogP contribution is 2.30. The van der Waals surface area contributed by atoms with Crippen molar-refractivity contribution in [3.8, 4) is 0 Å². The molecule has 2 aliphatic heterocycles. The van der Waals surface area contributed by atoms with Crippen LogP contribution in [0.25, 0.3) is 0 Å². The summed E-state index contributed by atoms with van der Waals surface area (Å²) in [5.74, 6) is -0.441. The number of rotatable bonds is 6. The number of amides is 2. The number of anilines is 1. The van der Waals surface area contributed by atoms with Gasteiger partial charge < -0.3 is 20.3 Å². The molecule has 2 amide bonds. The quantitative estimate of drug-likeness (QED) is 0.610. The van der Waals surface area contributed by atoms with Crippen molar-refractivity contribution in [2.45, 2.75) is 26.8 Å². The molecule has 1 unspecified atom stereocenters. The van der Waals surface area contributed by atoms with Crippen LogP contribution >= 0.6 is 11.6 Å².